The van der Waals surface area contributed by atoms with E-state index in [1.54, 1.807) is 0 Å². The monoisotopic (exact) mass is 328 g/mol. The normalized spacial score (nSPS) is 35.5. The second-order valence-corrected chi connectivity index (χ2v) is 6.58. The highest BCUT2D eigenvalue weighted by Gasteiger charge is 2.51. The Labute approximate surface area is 111 Å². The van der Waals surface area contributed by atoms with E-state index >= 15 is 0 Å². The van der Waals surface area contributed by atoms with Gasteiger partial charge in [-0.05, 0) is 18.5 Å². The maximum atomic E-state index is 2.49. The van der Waals surface area contributed by atoms with Crippen LogP contribution in [0.15, 0.2) is 30.3 Å². The molecular weight excluding hydrogens is 311 g/mol. The molecule has 0 N–H and O–H groups in total. The van der Waals surface area contributed by atoms with E-state index in [9.17, 15) is 0 Å². The van der Waals surface area contributed by atoms with Gasteiger partial charge < -0.3 is 4.90 Å². The fraction of sp³-hybridized carbons (Fsp3) is 0.538. The highest BCUT2D eigenvalue weighted by atomic mass is 127. The van der Waals surface area contributed by atoms with Crippen molar-refractivity contribution < 1.29 is 0 Å². The third-order valence-corrected chi connectivity index (χ3v) is 4.82. The zero-order valence-electron chi connectivity index (χ0n) is 9.56. The minimum Gasteiger partial charge on any atom is -0.305 e. The van der Waals surface area contributed by atoms with Gasteiger partial charge in [0.15, 0.2) is 0 Å². The van der Waals surface area contributed by atoms with Gasteiger partial charge >= 0.3 is 0 Å². The molecule has 0 radical (unpaired) electrons. The summed E-state index contributed by atoms with van der Waals surface area (Å²) in [5.74, 6) is 0.803. The van der Waals surface area contributed by atoms with E-state index in [2.05, 4.69) is 68.3 Å². The highest BCUT2D eigenvalue weighted by Crippen LogP contribution is 2.45. The molecule has 1 aromatic carbocycles. The minimum absolute atomic E-state index is 0.386. The Morgan fingerprint density at radius 3 is 2.69 bits per heavy atom. The average molecular weight is 328 g/mol. The molecule has 0 unspecified atom stereocenters. The van der Waals surface area contributed by atoms with Crippen LogP contribution < -0.4 is 0 Å². The number of hydrogen-bond acceptors (Lipinski definition) is 2. The lowest BCUT2D eigenvalue weighted by molar-refractivity contribution is 0.351. The molecule has 2 fully saturated rings. The van der Waals surface area contributed by atoms with Gasteiger partial charge in [0.2, 0.25) is 0 Å². The Morgan fingerprint density at radius 2 is 1.94 bits per heavy atom. The Kier molecular flexibility index (Phi) is 2.72. The molecule has 86 valence electrons. The first kappa shape index (κ1) is 11.0. The smallest absolute Gasteiger partial charge is 0.0268 e. The van der Waals surface area contributed by atoms with E-state index in [4.69, 9.17) is 0 Å². The van der Waals surface area contributed by atoms with Crippen molar-refractivity contribution in [1.82, 2.24) is 8.01 Å². The SMILES string of the molecule is CN1C[C@@H]2CN(I)C[C@]2(c2ccccc2)C1. The first-order chi connectivity index (χ1) is 7.71. The Balaban J connectivity index is 2.01. The molecule has 2 aliphatic rings. The van der Waals surface area contributed by atoms with Crippen molar-refractivity contribution in [3.05, 3.63) is 35.9 Å². The van der Waals surface area contributed by atoms with Crippen molar-refractivity contribution in [1.29, 1.82) is 0 Å². The molecule has 2 heterocycles. The molecule has 2 aliphatic heterocycles. The van der Waals surface area contributed by atoms with Gasteiger partial charge in [0.25, 0.3) is 0 Å². The second-order valence-electron chi connectivity index (χ2n) is 5.22. The van der Waals surface area contributed by atoms with E-state index in [1.807, 2.05) is 0 Å². The molecule has 2 atom stereocenters. The van der Waals surface area contributed by atoms with Crippen LogP contribution in [-0.4, -0.2) is 41.2 Å². The van der Waals surface area contributed by atoms with Crippen LogP contribution in [-0.2, 0) is 5.41 Å². The number of halogens is 1. The lowest BCUT2D eigenvalue weighted by atomic mass is 9.75. The number of nitrogens with zero attached hydrogens (tertiary/aromatic N) is 2. The van der Waals surface area contributed by atoms with Crippen LogP contribution in [0.5, 0.6) is 0 Å². The van der Waals surface area contributed by atoms with Gasteiger partial charge in [-0.15, -0.1) is 0 Å². The summed E-state index contributed by atoms with van der Waals surface area (Å²) in [6.45, 7) is 4.89. The van der Waals surface area contributed by atoms with Gasteiger partial charge in [-0.2, -0.15) is 0 Å². The maximum Gasteiger partial charge on any atom is 0.0268 e. The summed E-state index contributed by atoms with van der Waals surface area (Å²) >= 11 is 2.48. The van der Waals surface area contributed by atoms with Gasteiger partial charge in [-0.1, -0.05) is 30.3 Å². The number of fused-ring (bicyclic) bond motifs is 1. The molecule has 3 rings (SSSR count). The van der Waals surface area contributed by atoms with Crippen molar-refractivity contribution in [3.63, 3.8) is 0 Å². The van der Waals surface area contributed by atoms with E-state index in [0.717, 1.165) is 5.92 Å². The molecule has 0 spiro atoms. The van der Waals surface area contributed by atoms with Crippen molar-refractivity contribution in [2.45, 2.75) is 5.41 Å². The molecule has 2 saturated heterocycles. The van der Waals surface area contributed by atoms with Gasteiger partial charge in [0.05, 0.1) is 0 Å². The van der Waals surface area contributed by atoms with Crippen LogP contribution >= 0.6 is 22.9 Å². The molecule has 2 nitrogen and oxygen atoms in total. The standard InChI is InChI=1S/C13H17IN2/c1-15-7-12-8-16(14)10-13(12,9-15)11-5-3-2-4-6-11/h2-6,12H,7-10H2,1H3/t12-,13+/m1/s1. The van der Waals surface area contributed by atoms with Gasteiger partial charge in [0.1, 0.15) is 0 Å². The van der Waals surface area contributed by atoms with E-state index in [1.165, 1.54) is 31.7 Å². The summed E-state index contributed by atoms with van der Waals surface area (Å²) in [7, 11) is 2.25. The Morgan fingerprint density at radius 1 is 1.19 bits per heavy atom. The van der Waals surface area contributed by atoms with Crippen LogP contribution in [0, 0.1) is 5.92 Å². The highest BCUT2D eigenvalue weighted by molar-refractivity contribution is 14.1. The average Bonchev–Trinajstić information content (AvgIpc) is 2.71. The fourth-order valence-electron chi connectivity index (χ4n) is 3.44. The summed E-state index contributed by atoms with van der Waals surface area (Å²) in [5, 5.41) is 0. The quantitative estimate of drug-likeness (QED) is 0.576. The predicted molar refractivity (Wildman–Crippen MR) is 74.7 cm³/mol. The lowest BCUT2D eigenvalue weighted by Gasteiger charge is -2.28. The number of likely N-dealkylation sites (tertiary alicyclic amines) is 1. The van der Waals surface area contributed by atoms with Crippen molar-refractivity contribution in [3.8, 4) is 0 Å². The van der Waals surface area contributed by atoms with Crippen molar-refractivity contribution >= 4 is 22.9 Å². The fourth-order valence-corrected chi connectivity index (χ4v) is 4.52. The molecule has 0 aromatic heterocycles. The first-order valence-electron chi connectivity index (χ1n) is 5.85. The maximum absolute atomic E-state index is 2.49. The van der Waals surface area contributed by atoms with Crippen molar-refractivity contribution in [2.75, 3.05) is 33.2 Å². The van der Waals surface area contributed by atoms with Crippen molar-refractivity contribution in [2.24, 2.45) is 5.92 Å². The molecular formula is C13H17IN2. The van der Waals surface area contributed by atoms with Crippen LogP contribution in [0.25, 0.3) is 0 Å². The molecule has 0 saturated carbocycles. The predicted octanol–water partition coefficient (Wildman–Crippen LogP) is 2.15. The van der Waals surface area contributed by atoms with Crippen LogP contribution in [0.4, 0.5) is 0 Å². The van der Waals surface area contributed by atoms with Gasteiger partial charge in [-0.25, -0.2) is 3.11 Å². The lowest BCUT2D eigenvalue weighted by Crippen LogP contribution is -2.35. The van der Waals surface area contributed by atoms with Gasteiger partial charge in [0, 0.05) is 54.5 Å². The van der Waals surface area contributed by atoms with E-state index in [0.29, 0.717) is 5.41 Å². The summed E-state index contributed by atoms with van der Waals surface area (Å²) in [4.78, 5) is 2.49. The van der Waals surface area contributed by atoms with Crippen LogP contribution in [0.3, 0.4) is 0 Å². The van der Waals surface area contributed by atoms with Crippen LogP contribution in [0.2, 0.25) is 0 Å². The third-order valence-electron chi connectivity index (χ3n) is 4.09. The Hall–Kier alpha value is -0.130. The number of rotatable bonds is 1. The summed E-state index contributed by atoms with van der Waals surface area (Å²) in [5.41, 5.74) is 1.92. The number of benzene rings is 1. The summed E-state index contributed by atoms with van der Waals surface area (Å²) in [6, 6.07) is 11.1. The minimum atomic E-state index is 0.386. The summed E-state index contributed by atoms with van der Waals surface area (Å²) in [6.07, 6.45) is 0. The van der Waals surface area contributed by atoms with E-state index < -0.39 is 0 Å². The molecule has 0 aliphatic carbocycles. The topological polar surface area (TPSA) is 6.48 Å². The zero-order chi connectivity index (χ0) is 11.2. The van der Waals surface area contributed by atoms with E-state index in [-0.39, 0.29) is 0 Å². The summed E-state index contributed by atoms with van der Waals surface area (Å²) < 4.78 is 2.46. The second kappa shape index (κ2) is 3.96. The Bertz CT molecular complexity index is 365. The molecule has 3 heteroatoms. The number of hydrogen-bond donors (Lipinski definition) is 0. The first-order valence-corrected chi connectivity index (χ1v) is 6.82. The molecule has 16 heavy (non-hydrogen) atoms. The zero-order valence-corrected chi connectivity index (χ0v) is 11.7. The third kappa shape index (κ3) is 1.60. The largest absolute Gasteiger partial charge is 0.305 e. The molecule has 0 bridgehead atoms. The molecule has 0 amide bonds. The number of likely N-dealkylation sites (N-methyl/N-ethyl adjacent to an activating group) is 1. The van der Waals surface area contributed by atoms with Gasteiger partial charge in [-0.3, -0.25) is 0 Å². The molecule has 1 aromatic rings. The van der Waals surface area contributed by atoms with Crippen LogP contribution in [0.1, 0.15) is 5.56 Å².